The Morgan fingerprint density at radius 2 is 1.89 bits per heavy atom. The van der Waals surface area contributed by atoms with Gasteiger partial charge in [0.1, 0.15) is 18.0 Å². The minimum atomic E-state index is 0.273. The second-order valence-electron chi connectivity index (χ2n) is 5.26. The molecule has 19 heavy (non-hydrogen) atoms. The molecule has 0 spiro atoms. The summed E-state index contributed by atoms with van der Waals surface area (Å²) >= 11 is 0. The van der Waals surface area contributed by atoms with Gasteiger partial charge in [-0.15, -0.1) is 0 Å². The average molecular weight is 264 g/mol. The highest BCUT2D eigenvalue weighted by Crippen LogP contribution is 2.48. The Morgan fingerprint density at radius 3 is 2.42 bits per heavy atom. The summed E-state index contributed by atoms with van der Waals surface area (Å²) in [7, 11) is 0. The molecule has 0 bridgehead atoms. The van der Waals surface area contributed by atoms with Crippen molar-refractivity contribution in [2.75, 3.05) is 30.3 Å². The largest absolute Gasteiger partial charge is 0.396 e. The summed E-state index contributed by atoms with van der Waals surface area (Å²) in [5, 5.41) is 15.8. The van der Waals surface area contributed by atoms with Gasteiger partial charge >= 0.3 is 0 Å². The maximum Gasteiger partial charge on any atom is 0.134 e. The SMILES string of the molecule is CCNc1ncnc(NCC2(CCO)CC2)c1CC. The maximum absolute atomic E-state index is 9.09. The van der Waals surface area contributed by atoms with E-state index in [1.165, 1.54) is 12.8 Å². The summed E-state index contributed by atoms with van der Waals surface area (Å²) in [6, 6.07) is 0. The van der Waals surface area contributed by atoms with Crippen molar-refractivity contribution in [1.82, 2.24) is 9.97 Å². The van der Waals surface area contributed by atoms with Gasteiger partial charge in [-0.25, -0.2) is 9.97 Å². The molecule has 1 aliphatic carbocycles. The molecule has 0 aliphatic heterocycles. The van der Waals surface area contributed by atoms with E-state index in [9.17, 15) is 0 Å². The molecule has 5 heteroatoms. The van der Waals surface area contributed by atoms with E-state index in [-0.39, 0.29) is 6.61 Å². The predicted octanol–water partition coefficient (Wildman–Crippen LogP) is 2.05. The van der Waals surface area contributed by atoms with Crippen LogP contribution in [0.4, 0.5) is 11.6 Å². The van der Waals surface area contributed by atoms with Gasteiger partial charge < -0.3 is 15.7 Å². The Balaban J connectivity index is 2.05. The van der Waals surface area contributed by atoms with Gasteiger partial charge in [-0.3, -0.25) is 0 Å². The van der Waals surface area contributed by atoms with E-state index in [2.05, 4.69) is 34.4 Å². The van der Waals surface area contributed by atoms with Gasteiger partial charge in [0.2, 0.25) is 0 Å². The van der Waals surface area contributed by atoms with E-state index in [1.807, 2.05) is 0 Å². The van der Waals surface area contributed by atoms with Crippen LogP contribution in [0.1, 0.15) is 38.7 Å². The van der Waals surface area contributed by atoms with Crippen LogP contribution in [-0.4, -0.2) is 34.8 Å². The van der Waals surface area contributed by atoms with Crippen LogP contribution < -0.4 is 10.6 Å². The standard InChI is InChI=1S/C14H24N4O/c1-3-11-12(15-4-2)17-10-18-13(11)16-9-14(5-6-14)7-8-19/h10,19H,3-9H2,1-2H3,(H2,15,16,17,18). The number of hydrogen-bond acceptors (Lipinski definition) is 5. The molecule has 0 atom stereocenters. The van der Waals surface area contributed by atoms with Gasteiger partial charge in [0.15, 0.2) is 0 Å². The van der Waals surface area contributed by atoms with Crippen molar-refractivity contribution in [3.05, 3.63) is 11.9 Å². The summed E-state index contributed by atoms with van der Waals surface area (Å²) in [6.07, 6.45) is 5.79. The first kappa shape index (κ1) is 14.1. The van der Waals surface area contributed by atoms with E-state index in [4.69, 9.17) is 5.11 Å². The molecule has 0 aromatic carbocycles. The molecule has 1 aromatic heterocycles. The van der Waals surface area contributed by atoms with Crippen molar-refractivity contribution < 1.29 is 5.11 Å². The van der Waals surface area contributed by atoms with Crippen molar-refractivity contribution in [2.45, 2.75) is 39.5 Å². The summed E-state index contributed by atoms with van der Waals surface area (Å²) in [6.45, 7) is 6.20. The molecule has 0 radical (unpaired) electrons. The zero-order chi connectivity index (χ0) is 13.7. The van der Waals surface area contributed by atoms with Crippen LogP contribution >= 0.6 is 0 Å². The molecule has 1 fully saturated rings. The van der Waals surface area contributed by atoms with E-state index in [0.717, 1.165) is 43.1 Å². The maximum atomic E-state index is 9.09. The highest BCUT2D eigenvalue weighted by atomic mass is 16.3. The quantitative estimate of drug-likeness (QED) is 0.670. The summed E-state index contributed by atoms with van der Waals surface area (Å²) in [5.41, 5.74) is 1.44. The first-order valence-corrected chi connectivity index (χ1v) is 7.17. The fourth-order valence-corrected chi connectivity index (χ4v) is 2.42. The van der Waals surface area contributed by atoms with Crippen molar-refractivity contribution in [2.24, 2.45) is 5.41 Å². The van der Waals surface area contributed by atoms with Crippen LogP contribution in [-0.2, 0) is 6.42 Å². The van der Waals surface area contributed by atoms with Crippen molar-refractivity contribution in [1.29, 1.82) is 0 Å². The number of aliphatic hydroxyl groups is 1. The molecule has 1 aromatic rings. The molecule has 0 saturated heterocycles. The molecule has 2 rings (SSSR count). The molecule has 0 amide bonds. The number of rotatable bonds is 8. The Morgan fingerprint density at radius 1 is 1.21 bits per heavy atom. The van der Waals surface area contributed by atoms with Gasteiger partial charge in [0.05, 0.1) is 0 Å². The fourth-order valence-electron chi connectivity index (χ4n) is 2.42. The summed E-state index contributed by atoms with van der Waals surface area (Å²) in [5.74, 6) is 1.85. The molecule has 1 aliphatic rings. The third-order valence-electron chi connectivity index (χ3n) is 3.87. The highest BCUT2D eigenvalue weighted by Gasteiger charge is 2.41. The summed E-state index contributed by atoms with van der Waals surface area (Å²) < 4.78 is 0. The smallest absolute Gasteiger partial charge is 0.134 e. The highest BCUT2D eigenvalue weighted by molar-refractivity contribution is 5.57. The zero-order valence-electron chi connectivity index (χ0n) is 11.9. The van der Waals surface area contributed by atoms with Crippen LogP contribution in [0.25, 0.3) is 0 Å². The predicted molar refractivity (Wildman–Crippen MR) is 77.4 cm³/mol. The first-order valence-electron chi connectivity index (χ1n) is 7.17. The lowest BCUT2D eigenvalue weighted by atomic mass is 10.0. The number of nitrogens with one attached hydrogen (secondary N) is 2. The summed E-state index contributed by atoms with van der Waals surface area (Å²) in [4.78, 5) is 8.65. The third-order valence-corrected chi connectivity index (χ3v) is 3.87. The van der Waals surface area contributed by atoms with Crippen molar-refractivity contribution in [3.63, 3.8) is 0 Å². The number of anilines is 2. The molecular weight excluding hydrogens is 240 g/mol. The molecule has 1 heterocycles. The lowest BCUT2D eigenvalue weighted by Gasteiger charge is -2.18. The molecular formula is C14H24N4O. The Bertz CT molecular complexity index is 418. The minimum absolute atomic E-state index is 0.273. The van der Waals surface area contributed by atoms with E-state index >= 15 is 0 Å². The number of hydrogen-bond donors (Lipinski definition) is 3. The van der Waals surface area contributed by atoms with Crippen LogP contribution in [0.3, 0.4) is 0 Å². The monoisotopic (exact) mass is 264 g/mol. The van der Waals surface area contributed by atoms with Gasteiger partial charge in [-0.1, -0.05) is 6.92 Å². The molecule has 1 saturated carbocycles. The van der Waals surface area contributed by atoms with Crippen LogP contribution in [0, 0.1) is 5.41 Å². The van der Waals surface area contributed by atoms with Gasteiger partial charge in [-0.05, 0) is 38.0 Å². The van der Waals surface area contributed by atoms with Crippen LogP contribution in [0.15, 0.2) is 6.33 Å². The second kappa shape index (κ2) is 6.19. The van der Waals surface area contributed by atoms with E-state index < -0.39 is 0 Å². The van der Waals surface area contributed by atoms with Gasteiger partial charge in [-0.2, -0.15) is 0 Å². The molecule has 3 N–H and O–H groups in total. The number of aromatic nitrogens is 2. The normalized spacial score (nSPS) is 16.2. The zero-order valence-corrected chi connectivity index (χ0v) is 11.9. The van der Waals surface area contributed by atoms with Crippen LogP contribution in [0.5, 0.6) is 0 Å². The van der Waals surface area contributed by atoms with E-state index in [1.54, 1.807) is 6.33 Å². The number of aliphatic hydroxyl groups excluding tert-OH is 1. The van der Waals surface area contributed by atoms with E-state index in [0.29, 0.717) is 5.41 Å². The lowest BCUT2D eigenvalue weighted by molar-refractivity contribution is 0.253. The fraction of sp³-hybridized carbons (Fsp3) is 0.714. The molecule has 5 nitrogen and oxygen atoms in total. The number of nitrogens with zero attached hydrogens (tertiary/aromatic N) is 2. The molecule has 0 unspecified atom stereocenters. The van der Waals surface area contributed by atoms with Crippen LogP contribution in [0.2, 0.25) is 0 Å². The Hall–Kier alpha value is -1.36. The average Bonchev–Trinajstić information content (AvgIpc) is 3.18. The van der Waals surface area contributed by atoms with Crippen molar-refractivity contribution in [3.8, 4) is 0 Å². The molecule has 106 valence electrons. The Kier molecular flexibility index (Phi) is 4.58. The Labute approximate surface area is 114 Å². The topological polar surface area (TPSA) is 70.1 Å². The lowest BCUT2D eigenvalue weighted by Crippen LogP contribution is -2.19. The van der Waals surface area contributed by atoms with Gasteiger partial charge in [0.25, 0.3) is 0 Å². The van der Waals surface area contributed by atoms with Crippen molar-refractivity contribution >= 4 is 11.6 Å². The minimum Gasteiger partial charge on any atom is -0.396 e. The second-order valence-corrected chi connectivity index (χ2v) is 5.26. The third kappa shape index (κ3) is 3.35. The van der Waals surface area contributed by atoms with Gasteiger partial charge in [0, 0.05) is 25.3 Å². The first-order chi connectivity index (χ1) is 9.24.